The van der Waals surface area contributed by atoms with Crippen LogP contribution in [-0.4, -0.2) is 0 Å². The van der Waals surface area contributed by atoms with E-state index in [4.69, 9.17) is 5.84 Å². The molecule has 0 saturated heterocycles. The number of nitrogens with two attached hydrogens (primary N) is 1. The number of hydrogen-bond donors (Lipinski definition) is 2. The van der Waals surface area contributed by atoms with Crippen LogP contribution in [0.2, 0.25) is 0 Å². The summed E-state index contributed by atoms with van der Waals surface area (Å²) in [6.07, 6.45) is 0. The molecule has 0 saturated carbocycles. The quantitative estimate of drug-likeness (QED) is 0.499. The van der Waals surface area contributed by atoms with Crippen LogP contribution in [0.4, 0.5) is 4.39 Å². The normalized spacial score (nSPS) is 14.0. The summed E-state index contributed by atoms with van der Waals surface area (Å²) in [4.78, 5) is 0. The molecule has 0 radical (unpaired) electrons. The molecule has 0 aliphatic heterocycles. The van der Waals surface area contributed by atoms with Gasteiger partial charge in [-0.25, -0.2) is 4.39 Å². The number of nitrogens with one attached hydrogen (secondary N) is 1. The van der Waals surface area contributed by atoms with Crippen LogP contribution in [0.5, 0.6) is 0 Å². The second kappa shape index (κ2) is 4.76. The maximum absolute atomic E-state index is 13.0. The van der Waals surface area contributed by atoms with Crippen molar-refractivity contribution < 1.29 is 4.39 Å². The monoisotopic (exact) mass is 322 g/mol. The van der Waals surface area contributed by atoms with Crippen molar-refractivity contribution in [3.05, 3.63) is 33.1 Å². The average Bonchev–Trinajstić information content (AvgIpc) is 2.07. The van der Waals surface area contributed by atoms with Crippen molar-refractivity contribution >= 4 is 22.6 Å². The van der Waals surface area contributed by atoms with E-state index >= 15 is 0 Å². The van der Waals surface area contributed by atoms with Gasteiger partial charge in [0, 0.05) is 3.57 Å². The van der Waals surface area contributed by atoms with Gasteiger partial charge in [0.05, 0.1) is 6.04 Å². The Bertz CT molecular complexity index is 347. The Kier molecular flexibility index (Phi) is 4.08. The first-order valence-corrected chi connectivity index (χ1v) is 5.85. The summed E-state index contributed by atoms with van der Waals surface area (Å²) < 4.78 is 13.8. The molecule has 0 fully saturated rings. The van der Waals surface area contributed by atoms with Gasteiger partial charge < -0.3 is 0 Å². The Morgan fingerprint density at radius 1 is 1.40 bits per heavy atom. The predicted octanol–water partition coefficient (Wildman–Crippen LogP) is 2.98. The van der Waals surface area contributed by atoms with Gasteiger partial charge in [0.1, 0.15) is 5.82 Å². The summed E-state index contributed by atoms with van der Waals surface area (Å²) in [6.45, 7) is 6.28. The molecule has 1 unspecified atom stereocenters. The van der Waals surface area contributed by atoms with Crippen LogP contribution in [-0.2, 0) is 0 Å². The highest BCUT2D eigenvalue weighted by atomic mass is 127. The number of hydrazine groups is 1. The summed E-state index contributed by atoms with van der Waals surface area (Å²) in [5, 5.41) is 0. The van der Waals surface area contributed by atoms with Gasteiger partial charge >= 0.3 is 0 Å². The largest absolute Gasteiger partial charge is 0.271 e. The first-order chi connectivity index (χ1) is 6.86. The van der Waals surface area contributed by atoms with E-state index in [2.05, 4.69) is 48.8 Å². The van der Waals surface area contributed by atoms with Gasteiger partial charge in [0.25, 0.3) is 0 Å². The van der Waals surface area contributed by atoms with E-state index in [0.717, 1.165) is 9.13 Å². The molecule has 4 heteroatoms. The molecule has 1 aromatic rings. The van der Waals surface area contributed by atoms with Crippen molar-refractivity contribution in [3.8, 4) is 0 Å². The molecule has 1 aromatic carbocycles. The van der Waals surface area contributed by atoms with Crippen LogP contribution in [0.3, 0.4) is 0 Å². The van der Waals surface area contributed by atoms with E-state index in [0.29, 0.717) is 0 Å². The molecule has 0 spiro atoms. The van der Waals surface area contributed by atoms with Crippen LogP contribution < -0.4 is 11.3 Å². The number of benzene rings is 1. The molecule has 1 rings (SSSR count). The lowest BCUT2D eigenvalue weighted by Crippen LogP contribution is -2.37. The predicted molar refractivity (Wildman–Crippen MR) is 68.6 cm³/mol. The van der Waals surface area contributed by atoms with Crippen molar-refractivity contribution in [2.24, 2.45) is 11.3 Å². The molecule has 15 heavy (non-hydrogen) atoms. The molecule has 2 nitrogen and oxygen atoms in total. The zero-order valence-electron chi connectivity index (χ0n) is 9.14. The van der Waals surface area contributed by atoms with E-state index in [1.54, 1.807) is 6.07 Å². The second-order valence-corrected chi connectivity index (χ2v) is 5.79. The Balaban J connectivity index is 3.13. The van der Waals surface area contributed by atoms with E-state index in [-0.39, 0.29) is 17.3 Å². The molecular formula is C11H16FIN2. The summed E-state index contributed by atoms with van der Waals surface area (Å²) in [6, 6.07) is 4.79. The zero-order valence-corrected chi connectivity index (χ0v) is 11.3. The minimum Gasteiger partial charge on any atom is -0.271 e. The lowest BCUT2D eigenvalue weighted by Gasteiger charge is -2.31. The Labute approximate surface area is 104 Å². The van der Waals surface area contributed by atoms with Gasteiger partial charge in [-0.1, -0.05) is 26.8 Å². The first-order valence-electron chi connectivity index (χ1n) is 4.77. The van der Waals surface area contributed by atoms with Gasteiger partial charge in [-0.05, 0) is 45.7 Å². The molecule has 1 atom stereocenters. The minimum absolute atomic E-state index is 0.00744. The van der Waals surface area contributed by atoms with Gasteiger partial charge in [-0.15, -0.1) is 0 Å². The smallest absolute Gasteiger partial charge is 0.124 e. The molecule has 0 amide bonds. The lowest BCUT2D eigenvalue weighted by atomic mass is 9.83. The molecule has 0 aliphatic rings. The topological polar surface area (TPSA) is 38.0 Å². The molecule has 0 bridgehead atoms. The fourth-order valence-electron chi connectivity index (χ4n) is 1.54. The third kappa shape index (κ3) is 3.12. The van der Waals surface area contributed by atoms with E-state index < -0.39 is 0 Å². The summed E-state index contributed by atoms with van der Waals surface area (Å²) in [7, 11) is 0. The highest BCUT2D eigenvalue weighted by Crippen LogP contribution is 2.34. The van der Waals surface area contributed by atoms with Crippen molar-refractivity contribution in [3.63, 3.8) is 0 Å². The lowest BCUT2D eigenvalue weighted by molar-refractivity contribution is 0.274. The van der Waals surface area contributed by atoms with Crippen LogP contribution in [0.15, 0.2) is 18.2 Å². The molecule has 0 heterocycles. The average molecular weight is 322 g/mol. The van der Waals surface area contributed by atoms with Crippen molar-refractivity contribution in [1.29, 1.82) is 0 Å². The first kappa shape index (κ1) is 12.9. The Morgan fingerprint density at radius 3 is 2.40 bits per heavy atom. The molecular weight excluding hydrogens is 306 g/mol. The van der Waals surface area contributed by atoms with Crippen LogP contribution in [0.1, 0.15) is 32.4 Å². The zero-order chi connectivity index (χ0) is 11.6. The Morgan fingerprint density at radius 2 is 2.00 bits per heavy atom. The summed E-state index contributed by atoms with van der Waals surface area (Å²) in [5.74, 6) is 5.34. The summed E-state index contributed by atoms with van der Waals surface area (Å²) in [5.41, 5.74) is 3.82. The van der Waals surface area contributed by atoms with E-state index in [1.807, 2.05) is 0 Å². The van der Waals surface area contributed by atoms with Crippen molar-refractivity contribution in [2.45, 2.75) is 26.8 Å². The fourth-order valence-corrected chi connectivity index (χ4v) is 2.33. The number of rotatable bonds is 2. The number of hydrogen-bond acceptors (Lipinski definition) is 2. The van der Waals surface area contributed by atoms with Gasteiger partial charge in [-0.2, -0.15) is 0 Å². The van der Waals surface area contributed by atoms with E-state index in [1.165, 1.54) is 12.1 Å². The maximum Gasteiger partial charge on any atom is 0.124 e. The van der Waals surface area contributed by atoms with Crippen LogP contribution >= 0.6 is 22.6 Å². The second-order valence-electron chi connectivity index (χ2n) is 4.63. The maximum atomic E-state index is 13.0. The number of halogens is 2. The standard InChI is InChI=1S/C11H16FIN2/c1-11(2,3)10(15-14)8-5-4-7(12)6-9(8)13/h4-6,10,15H,14H2,1-3H3. The highest BCUT2D eigenvalue weighted by Gasteiger charge is 2.26. The van der Waals surface area contributed by atoms with Gasteiger partial charge in [0.2, 0.25) is 0 Å². The molecule has 84 valence electrons. The summed E-state index contributed by atoms with van der Waals surface area (Å²) >= 11 is 2.13. The SMILES string of the molecule is CC(C)(C)C(NN)c1ccc(F)cc1I. The fraction of sp³-hybridized carbons (Fsp3) is 0.455. The van der Waals surface area contributed by atoms with Crippen LogP contribution in [0.25, 0.3) is 0 Å². The van der Waals surface area contributed by atoms with Gasteiger partial charge in [0.15, 0.2) is 0 Å². The van der Waals surface area contributed by atoms with Crippen molar-refractivity contribution in [1.82, 2.24) is 5.43 Å². The Hall–Kier alpha value is -0.200. The molecule has 3 N–H and O–H groups in total. The third-order valence-electron chi connectivity index (χ3n) is 2.31. The molecule has 0 aliphatic carbocycles. The minimum atomic E-state index is -0.215. The van der Waals surface area contributed by atoms with Crippen LogP contribution in [0, 0.1) is 14.8 Å². The molecule has 0 aromatic heterocycles. The van der Waals surface area contributed by atoms with Crippen molar-refractivity contribution in [2.75, 3.05) is 0 Å². The van der Waals surface area contributed by atoms with E-state index in [9.17, 15) is 4.39 Å². The highest BCUT2D eigenvalue weighted by molar-refractivity contribution is 14.1. The third-order valence-corrected chi connectivity index (χ3v) is 3.24. The van der Waals surface area contributed by atoms with Gasteiger partial charge in [-0.3, -0.25) is 11.3 Å².